The van der Waals surface area contributed by atoms with Gasteiger partial charge in [0.15, 0.2) is 0 Å². The molecule has 0 radical (unpaired) electrons. The molecule has 1 atom stereocenters. The molecule has 0 saturated heterocycles. The summed E-state index contributed by atoms with van der Waals surface area (Å²) in [6, 6.07) is 3.24. The fourth-order valence-corrected chi connectivity index (χ4v) is 1.92. The third kappa shape index (κ3) is 2.76. The van der Waals surface area contributed by atoms with E-state index < -0.39 is 0 Å². The van der Waals surface area contributed by atoms with Crippen molar-refractivity contribution in [3.63, 3.8) is 0 Å². The van der Waals surface area contributed by atoms with Gasteiger partial charge in [0, 0.05) is 6.20 Å². The standard InChI is InChI=1S/C14H17FN2O/c1-3-5-17-13(14-10(2)4-6-18-14)11-7-12(15)9-16-8-11/h4,6-9,13,17H,3,5H2,1-2H3. The Morgan fingerprint density at radius 3 is 2.89 bits per heavy atom. The van der Waals surface area contributed by atoms with Crippen molar-refractivity contribution < 1.29 is 8.81 Å². The SMILES string of the molecule is CCCNC(c1cncc(F)c1)c1occc1C. The summed E-state index contributed by atoms with van der Waals surface area (Å²) < 4.78 is 18.8. The maximum absolute atomic E-state index is 13.3. The Labute approximate surface area is 106 Å². The molecule has 0 amide bonds. The molecule has 4 heteroatoms. The van der Waals surface area contributed by atoms with Gasteiger partial charge in [-0.05, 0) is 43.1 Å². The van der Waals surface area contributed by atoms with E-state index in [-0.39, 0.29) is 11.9 Å². The minimum Gasteiger partial charge on any atom is -0.467 e. The third-order valence-corrected chi connectivity index (χ3v) is 2.82. The van der Waals surface area contributed by atoms with E-state index in [0.29, 0.717) is 0 Å². The highest BCUT2D eigenvalue weighted by atomic mass is 19.1. The zero-order chi connectivity index (χ0) is 13.0. The van der Waals surface area contributed by atoms with Crippen molar-refractivity contribution in [1.29, 1.82) is 0 Å². The van der Waals surface area contributed by atoms with Crippen LogP contribution in [-0.2, 0) is 0 Å². The van der Waals surface area contributed by atoms with Crippen LogP contribution in [0.3, 0.4) is 0 Å². The summed E-state index contributed by atoms with van der Waals surface area (Å²) >= 11 is 0. The average Bonchev–Trinajstić information content (AvgIpc) is 2.77. The molecule has 1 unspecified atom stereocenters. The molecule has 2 rings (SSSR count). The largest absolute Gasteiger partial charge is 0.467 e. The van der Waals surface area contributed by atoms with Crippen LogP contribution in [-0.4, -0.2) is 11.5 Å². The molecule has 2 heterocycles. The van der Waals surface area contributed by atoms with Gasteiger partial charge in [-0.2, -0.15) is 0 Å². The highest BCUT2D eigenvalue weighted by Crippen LogP contribution is 2.25. The van der Waals surface area contributed by atoms with E-state index in [1.165, 1.54) is 12.3 Å². The van der Waals surface area contributed by atoms with E-state index in [4.69, 9.17) is 4.42 Å². The second kappa shape index (κ2) is 5.78. The van der Waals surface area contributed by atoms with Crippen LogP contribution >= 0.6 is 0 Å². The van der Waals surface area contributed by atoms with Crippen LogP contribution in [0.25, 0.3) is 0 Å². The summed E-state index contributed by atoms with van der Waals surface area (Å²) in [5, 5.41) is 3.36. The summed E-state index contributed by atoms with van der Waals surface area (Å²) in [6.07, 6.45) is 5.52. The Kier molecular flexibility index (Phi) is 4.10. The molecule has 0 aliphatic heterocycles. The molecule has 96 valence electrons. The molecule has 0 fully saturated rings. The quantitative estimate of drug-likeness (QED) is 0.883. The monoisotopic (exact) mass is 248 g/mol. The minimum absolute atomic E-state index is 0.150. The average molecular weight is 248 g/mol. The Balaban J connectivity index is 2.33. The van der Waals surface area contributed by atoms with Crippen LogP contribution in [0.2, 0.25) is 0 Å². The molecule has 0 aromatic carbocycles. The molecule has 0 bridgehead atoms. The van der Waals surface area contributed by atoms with Crippen LogP contribution in [0.5, 0.6) is 0 Å². The number of rotatable bonds is 5. The van der Waals surface area contributed by atoms with E-state index in [2.05, 4.69) is 17.2 Å². The van der Waals surface area contributed by atoms with Crippen LogP contribution in [0.1, 0.15) is 36.3 Å². The minimum atomic E-state index is -0.333. The summed E-state index contributed by atoms with van der Waals surface area (Å²) in [5.74, 6) is 0.482. The molecular weight excluding hydrogens is 231 g/mol. The van der Waals surface area contributed by atoms with Crippen LogP contribution in [0.4, 0.5) is 4.39 Å². The van der Waals surface area contributed by atoms with Crippen molar-refractivity contribution in [1.82, 2.24) is 10.3 Å². The number of hydrogen-bond donors (Lipinski definition) is 1. The highest BCUT2D eigenvalue weighted by molar-refractivity contribution is 5.29. The number of halogens is 1. The predicted octanol–water partition coefficient (Wildman–Crippen LogP) is 3.21. The van der Waals surface area contributed by atoms with E-state index >= 15 is 0 Å². The van der Waals surface area contributed by atoms with Crippen molar-refractivity contribution in [3.05, 3.63) is 53.5 Å². The summed E-state index contributed by atoms with van der Waals surface area (Å²) in [4.78, 5) is 3.90. The number of hydrogen-bond acceptors (Lipinski definition) is 3. The number of pyridine rings is 1. The van der Waals surface area contributed by atoms with Crippen molar-refractivity contribution in [3.8, 4) is 0 Å². The first kappa shape index (κ1) is 12.8. The lowest BCUT2D eigenvalue weighted by Crippen LogP contribution is -2.23. The van der Waals surface area contributed by atoms with Gasteiger partial charge in [-0.1, -0.05) is 6.92 Å². The van der Waals surface area contributed by atoms with Gasteiger partial charge >= 0.3 is 0 Å². The molecule has 3 nitrogen and oxygen atoms in total. The van der Waals surface area contributed by atoms with Crippen LogP contribution in [0.15, 0.2) is 35.2 Å². The molecule has 18 heavy (non-hydrogen) atoms. The molecule has 2 aromatic heterocycles. The molecule has 0 aliphatic rings. The van der Waals surface area contributed by atoms with Gasteiger partial charge in [-0.25, -0.2) is 4.39 Å². The Morgan fingerprint density at radius 1 is 1.44 bits per heavy atom. The molecule has 0 saturated carbocycles. The molecule has 0 aliphatic carbocycles. The number of aryl methyl sites for hydroxylation is 1. The number of furan rings is 1. The second-order valence-electron chi connectivity index (χ2n) is 4.29. The van der Waals surface area contributed by atoms with Crippen molar-refractivity contribution in [2.75, 3.05) is 6.54 Å². The first-order valence-electron chi connectivity index (χ1n) is 6.10. The van der Waals surface area contributed by atoms with E-state index in [0.717, 1.165) is 29.9 Å². The topological polar surface area (TPSA) is 38.1 Å². The fourth-order valence-electron chi connectivity index (χ4n) is 1.92. The Hall–Kier alpha value is -1.68. The highest BCUT2D eigenvalue weighted by Gasteiger charge is 2.19. The number of aromatic nitrogens is 1. The first-order valence-corrected chi connectivity index (χ1v) is 6.10. The lowest BCUT2D eigenvalue weighted by atomic mass is 10.0. The van der Waals surface area contributed by atoms with Crippen LogP contribution in [0, 0.1) is 12.7 Å². The van der Waals surface area contributed by atoms with E-state index in [1.807, 2.05) is 13.0 Å². The normalized spacial score (nSPS) is 12.6. The van der Waals surface area contributed by atoms with Crippen molar-refractivity contribution in [2.24, 2.45) is 0 Å². The maximum Gasteiger partial charge on any atom is 0.141 e. The molecular formula is C14H17FN2O. The van der Waals surface area contributed by atoms with Gasteiger partial charge in [0.2, 0.25) is 0 Å². The maximum atomic E-state index is 13.3. The zero-order valence-electron chi connectivity index (χ0n) is 10.6. The van der Waals surface area contributed by atoms with Gasteiger partial charge in [0.25, 0.3) is 0 Å². The van der Waals surface area contributed by atoms with E-state index in [9.17, 15) is 4.39 Å². The van der Waals surface area contributed by atoms with E-state index in [1.54, 1.807) is 12.5 Å². The fraction of sp³-hybridized carbons (Fsp3) is 0.357. The van der Waals surface area contributed by atoms with Gasteiger partial charge < -0.3 is 9.73 Å². The predicted molar refractivity (Wildman–Crippen MR) is 67.8 cm³/mol. The number of nitrogens with zero attached hydrogens (tertiary/aromatic N) is 1. The second-order valence-corrected chi connectivity index (χ2v) is 4.29. The van der Waals surface area contributed by atoms with Crippen molar-refractivity contribution in [2.45, 2.75) is 26.3 Å². The smallest absolute Gasteiger partial charge is 0.141 e. The molecule has 0 spiro atoms. The summed E-state index contributed by atoms with van der Waals surface area (Å²) in [5.41, 5.74) is 1.83. The molecule has 1 N–H and O–H groups in total. The van der Waals surface area contributed by atoms with Crippen LogP contribution < -0.4 is 5.32 Å². The van der Waals surface area contributed by atoms with Crippen molar-refractivity contribution >= 4 is 0 Å². The van der Waals surface area contributed by atoms with Gasteiger partial charge in [-0.15, -0.1) is 0 Å². The van der Waals surface area contributed by atoms with Gasteiger partial charge in [0.1, 0.15) is 11.6 Å². The summed E-state index contributed by atoms with van der Waals surface area (Å²) in [7, 11) is 0. The lowest BCUT2D eigenvalue weighted by Gasteiger charge is -2.17. The summed E-state index contributed by atoms with van der Waals surface area (Å²) in [6.45, 7) is 4.90. The zero-order valence-corrected chi connectivity index (χ0v) is 10.6. The lowest BCUT2D eigenvalue weighted by molar-refractivity contribution is 0.442. The van der Waals surface area contributed by atoms with Gasteiger partial charge in [-0.3, -0.25) is 4.98 Å². The number of nitrogens with one attached hydrogen (secondary N) is 1. The molecule has 2 aromatic rings. The Morgan fingerprint density at radius 2 is 2.28 bits per heavy atom. The third-order valence-electron chi connectivity index (χ3n) is 2.82. The van der Waals surface area contributed by atoms with Gasteiger partial charge in [0.05, 0.1) is 18.5 Å². The first-order chi connectivity index (χ1) is 8.72. The Bertz CT molecular complexity index is 510.